The fourth-order valence-electron chi connectivity index (χ4n) is 2.43. The van der Waals surface area contributed by atoms with Crippen molar-refractivity contribution in [2.24, 2.45) is 5.41 Å². The molecule has 3 nitrogen and oxygen atoms in total. The molecular weight excluding hydrogens is 200 g/mol. The summed E-state index contributed by atoms with van der Waals surface area (Å²) >= 11 is 0. The largest absolute Gasteiger partial charge is 0.352 e. The molecule has 0 saturated heterocycles. The molecule has 16 heavy (non-hydrogen) atoms. The Morgan fingerprint density at radius 1 is 1.56 bits per heavy atom. The molecule has 0 spiro atoms. The molecule has 0 aromatic carbocycles. The van der Waals surface area contributed by atoms with Crippen molar-refractivity contribution < 1.29 is 4.79 Å². The number of nitrogens with one attached hydrogen (secondary N) is 2. The van der Waals surface area contributed by atoms with Crippen LogP contribution in [0.3, 0.4) is 0 Å². The normalized spacial score (nSPS) is 22.4. The Morgan fingerprint density at radius 3 is 2.94 bits per heavy atom. The molecule has 2 aliphatic rings. The summed E-state index contributed by atoms with van der Waals surface area (Å²) in [5, 5.41) is 6.38. The fourth-order valence-corrected chi connectivity index (χ4v) is 2.43. The minimum Gasteiger partial charge on any atom is -0.352 e. The molecule has 1 aliphatic carbocycles. The summed E-state index contributed by atoms with van der Waals surface area (Å²) < 4.78 is 0. The van der Waals surface area contributed by atoms with Gasteiger partial charge in [-0.05, 0) is 32.2 Å². The summed E-state index contributed by atoms with van der Waals surface area (Å²) in [6.45, 7) is 4.90. The van der Waals surface area contributed by atoms with Crippen molar-refractivity contribution in [3.05, 3.63) is 11.6 Å². The molecule has 0 unspecified atom stereocenters. The van der Waals surface area contributed by atoms with Crippen LogP contribution in [0.1, 0.15) is 39.0 Å². The van der Waals surface area contributed by atoms with E-state index in [1.807, 2.05) is 0 Å². The quantitative estimate of drug-likeness (QED) is 0.694. The average molecular weight is 222 g/mol. The lowest BCUT2D eigenvalue weighted by Gasteiger charge is -2.17. The fraction of sp³-hybridized carbons (Fsp3) is 0.769. The van der Waals surface area contributed by atoms with Gasteiger partial charge in [-0.25, -0.2) is 0 Å². The molecule has 1 saturated carbocycles. The van der Waals surface area contributed by atoms with E-state index < -0.39 is 0 Å². The van der Waals surface area contributed by atoms with Gasteiger partial charge in [0.15, 0.2) is 0 Å². The predicted octanol–water partition coefficient (Wildman–Crippen LogP) is 1.60. The van der Waals surface area contributed by atoms with Crippen molar-refractivity contribution >= 4 is 5.91 Å². The molecule has 3 heteroatoms. The highest BCUT2D eigenvalue weighted by Gasteiger charge is 2.48. The van der Waals surface area contributed by atoms with Gasteiger partial charge in [0, 0.05) is 18.5 Å². The van der Waals surface area contributed by atoms with Crippen LogP contribution < -0.4 is 10.6 Å². The van der Waals surface area contributed by atoms with Crippen LogP contribution in [0.2, 0.25) is 0 Å². The van der Waals surface area contributed by atoms with Crippen LogP contribution >= 0.6 is 0 Å². The first-order chi connectivity index (χ1) is 7.77. The van der Waals surface area contributed by atoms with Crippen LogP contribution in [0.15, 0.2) is 11.6 Å². The van der Waals surface area contributed by atoms with E-state index in [0.717, 1.165) is 51.7 Å². The third-order valence-corrected chi connectivity index (χ3v) is 3.70. The molecule has 1 fully saturated rings. The van der Waals surface area contributed by atoms with Crippen LogP contribution in [0, 0.1) is 5.41 Å². The zero-order valence-corrected chi connectivity index (χ0v) is 10.1. The maximum atomic E-state index is 12.0. The summed E-state index contributed by atoms with van der Waals surface area (Å²) in [4.78, 5) is 12.0. The van der Waals surface area contributed by atoms with Crippen LogP contribution in [0.5, 0.6) is 0 Å². The summed E-state index contributed by atoms with van der Waals surface area (Å²) in [6.07, 6.45) is 7.62. The molecule has 2 N–H and O–H groups in total. The van der Waals surface area contributed by atoms with E-state index in [9.17, 15) is 4.79 Å². The first kappa shape index (κ1) is 11.6. The van der Waals surface area contributed by atoms with Crippen molar-refractivity contribution in [1.29, 1.82) is 0 Å². The molecule has 0 aromatic rings. The standard InChI is InChI=1S/C13H22N2O/c1-2-5-13(6-7-13)12(16)15-10-11-3-8-14-9-4-11/h3,14H,2,4-10H2,1H3,(H,15,16). The van der Waals surface area contributed by atoms with Gasteiger partial charge in [0.1, 0.15) is 0 Å². The minimum atomic E-state index is 0.0161. The number of hydrogen-bond acceptors (Lipinski definition) is 2. The van der Waals surface area contributed by atoms with Gasteiger partial charge in [0.25, 0.3) is 0 Å². The predicted molar refractivity (Wildman–Crippen MR) is 65.2 cm³/mol. The number of carbonyl (C=O) groups is 1. The van der Waals surface area contributed by atoms with Crippen molar-refractivity contribution in [2.45, 2.75) is 39.0 Å². The van der Waals surface area contributed by atoms with E-state index >= 15 is 0 Å². The monoisotopic (exact) mass is 222 g/mol. The van der Waals surface area contributed by atoms with E-state index in [-0.39, 0.29) is 11.3 Å². The Balaban J connectivity index is 1.77. The number of amides is 1. The smallest absolute Gasteiger partial charge is 0.226 e. The number of rotatable bonds is 5. The summed E-state index contributed by atoms with van der Waals surface area (Å²) in [7, 11) is 0. The molecule has 90 valence electrons. The molecular formula is C13H22N2O. The van der Waals surface area contributed by atoms with Gasteiger partial charge >= 0.3 is 0 Å². The van der Waals surface area contributed by atoms with E-state index in [0.29, 0.717) is 0 Å². The second kappa shape index (κ2) is 5.00. The molecule has 0 bridgehead atoms. The van der Waals surface area contributed by atoms with Gasteiger partial charge in [-0.1, -0.05) is 25.0 Å². The first-order valence-corrected chi connectivity index (χ1v) is 6.44. The van der Waals surface area contributed by atoms with Gasteiger partial charge in [-0.15, -0.1) is 0 Å². The topological polar surface area (TPSA) is 41.1 Å². The maximum absolute atomic E-state index is 12.0. The molecule has 0 aromatic heterocycles. The number of hydrogen-bond donors (Lipinski definition) is 2. The maximum Gasteiger partial charge on any atom is 0.226 e. The molecule has 0 radical (unpaired) electrons. The van der Waals surface area contributed by atoms with Crippen LogP contribution in [-0.2, 0) is 4.79 Å². The molecule has 2 rings (SSSR count). The molecule has 1 amide bonds. The van der Waals surface area contributed by atoms with Gasteiger partial charge < -0.3 is 10.6 Å². The minimum absolute atomic E-state index is 0.0161. The van der Waals surface area contributed by atoms with Crippen LogP contribution in [0.4, 0.5) is 0 Å². The van der Waals surface area contributed by atoms with Crippen molar-refractivity contribution in [3.8, 4) is 0 Å². The summed E-state index contributed by atoms with van der Waals surface area (Å²) in [5.41, 5.74) is 1.39. The van der Waals surface area contributed by atoms with Crippen molar-refractivity contribution in [3.63, 3.8) is 0 Å². The SMILES string of the molecule is CCCC1(C(=O)NCC2=CCNCC2)CC1. The second-order valence-electron chi connectivity index (χ2n) is 5.03. The van der Waals surface area contributed by atoms with Gasteiger partial charge in [-0.2, -0.15) is 0 Å². The highest BCUT2D eigenvalue weighted by Crippen LogP contribution is 2.49. The van der Waals surface area contributed by atoms with Crippen molar-refractivity contribution in [2.75, 3.05) is 19.6 Å². The molecule has 0 atom stereocenters. The van der Waals surface area contributed by atoms with E-state index in [1.54, 1.807) is 0 Å². The Kier molecular flexibility index (Phi) is 3.64. The lowest BCUT2D eigenvalue weighted by atomic mass is 9.99. The van der Waals surface area contributed by atoms with Gasteiger partial charge in [-0.3, -0.25) is 4.79 Å². The molecule has 1 heterocycles. The highest BCUT2D eigenvalue weighted by atomic mass is 16.2. The zero-order valence-electron chi connectivity index (χ0n) is 10.1. The Hall–Kier alpha value is -0.830. The highest BCUT2D eigenvalue weighted by molar-refractivity contribution is 5.85. The third kappa shape index (κ3) is 2.64. The third-order valence-electron chi connectivity index (χ3n) is 3.70. The van der Waals surface area contributed by atoms with E-state index in [4.69, 9.17) is 0 Å². The van der Waals surface area contributed by atoms with Gasteiger partial charge in [0.2, 0.25) is 5.91 Å². The number of carbonyl (C=O) groups excluding carboxylic acids is 1. The van der Waals surface area contributed by atoms with Crippen LogP contribution in [0.25, 0.3) is 0 Å². The Bertz CT molecular complexity index is 292. The average Bonchev–Trinajstić information content (AvgIpc) is 3.09. The van der Waals surface area contributed by atoms with E-state index in [1.165, 1.54) is 5.57 Å². The lowest BCUT2D eigenvalue weighted by Crippen LogP contribution is -2.34. The first-order valence-electron chi connectivity index (χ1n) is 6.44. The second-order valence-corrected chi connectivity index (χ2v) is 5.03. The Morgan fingerprint density at radius 2 is 2.38 bits per heavy atom. The van der Waals surface area contributed by atoms with E-state index in [2.05, 4.69) is 23.6 Å². The molecule has 1 aliphatic heterocycles. The van der Waals surface area contributed by atoms with Gasteiger partial charge in [0.05, 0.1) is 0 Å². The lowest BCUT2D eigenvalue weighted by molar-refractivity contribution is -0.126. The van der Waals surface area contributed by atoms with Crippen molar-refractivity contribution in [1.82, 2.24) is 10.6 Å². The Labute approximate surface area is 97.7 Å². The zero-order chi connectivity index (χ0) is 11.4. The summed E-state index contributed by atoms with van der Waals surface area (Å²) in [6, 6.07) is 0. The van der Waals surface area contributed by atoms with Crippen LogP contribution in [-0.4, -0.2) is 25.5 Å². The summed E-state index contributed by atoms with van der Waals surface area (Å²) in [5.74, 6) is 0.286.